The van der Waals surface area contributed by atoms with E-state index in [1.165, 1.54) is 19.3 Å². The number of rotatable bonds is 4. The van der Waals surface area contributed by atoms with E-state index >= 15 is 0 Å². The third-order valence-corrected chi connectivity index (χ3v) is 5.25. The van der Waals surface area contributed by atoms with Crippen LogP contribution < -0.4 is 0 Å². The fourth-order valence-corrected chi connectivity index (χ4v) is 3.68. The second-order valence-electron chi connectivity index (χ2n) is 7.08. The van der Waals surface area contributed by atoms with E-state index in [0.29, 0.717) is 12.6 Å². The summed E-state index contributed by atoms with van der Waals surface area (Å²) in [5.41, 5.74) is 0. The Bertz CT molecular complexity index is 383. The van der Waals surface area contributed by atoms with Crippen molar-refractivity contribution in [1.82, 2.24) is 14.7 Å². The molecule has 0 spiro atoms. The van der Waals surface area contributed by atoms with Crippen LogP contribution in [-0.2, 0) is 9.59 Å². The number of piperidine rings is 1. The van der Waals surface area contributed by atoms with Gasteiger partial charge in [-0.1, -0.05) is 19.3 Å². The number of carbonyl (C=O) groups excluding carboxylic acids is 2. The van der Waals surface area contributed by atoms with E-state index in [0.717, 1.165) is 38.8 Å². The molecule has 1 aliphatic carbocycles. The molecular weight excluding hydrogens is 278 g/mol. The maximum absolute atomic E-state index is 12.4. The number of nitrogens with zero attached hydrogens (tertiary/aromatic N) is 3. The highest BCUT2D eigenvalue weighted by molar-refractivity contribution is 5.79. The van der Waals surface area contributed by atoms with Gasteiger partial charge in [-0.05, 0) is 38.8 Å². The summed E-state index contributed by atoms with van der Waals surface area (Å²) in [5.74, 6) is 0.604. The average molecular weight is 309 g/mol. The van der Waals surface area contributed by atoms with Crippen LogP contribution >= 0.6 is 0 Å². The minimum Gasteiger partial charge on any atom is -0.349 e. The van der Waals surface area contributed by atoms with Crippen molar-refractivity contribution >= 4 is 11.8 Å². The van der Waals surface area contributed by atoms with E-state index < -0.39 is 0 Å². The Morgan fingerprint density at radius 3 is 2.09 bits per heavy atom. The molecule has 1 aliphatic heterocycles. The van der Waals surface area contributed by atoms with Crippen molar-refractivity contribution in [2.45, 2.75) is 51.0 Å². The lowest BCUT2D eigenvalue weighted by Gasteiger charge is -2.35. The topological polar surface area (TPSA) is 43.9 Å². The predicted octanol–water partition coefficient (Wildman–Crippen LogP) is 1.58. The lowest BCUT2D eigenvalue weighted by atomic mass is 9.94. The van der Waals surface area contributed by atoms with Gasteiger partial charge in [0.05, 0.1) is 6.54 Å². The summed E-state index contributed by atoms with van der Waals surface area (Å²) < 4.78 is 0. The summed E-state index contributed by atoms with van der Waals surface area (Å²) in [6.07, 6.45) is 7.87. The molecule has 0 N–H and O–H groups in total. The van der Waals surface area contributed by atoms with Crippen molar-refractivity contribution in [3.8, 4) is 0 Å². The van der Waals surface area contributed by atoms with Gasteiger partial charge in [0.15, 0.2) is 0 Å². The van der Waals surface area contributed by atoms with Crippen LogP contribution in [0.5, 0.6) is 0 Å². The normalized spacial score (nSPS) is 21.6. The Balaban J connectivity index is 1.75. The lowest BCUT2D eigenvalue weighted by Crippen LogP contribution is -2.47. The molecule has 2 fully saturated rings. The van der Waals surface area contributed by atoms with Crippen molar-refractivity contribution in [2.24, 2.45) is 5.92 Å². The largest absolute Gasteiger partial charge is 0.349 e. The molecule has 5 heteroatoms. The van der Waals surface area contributed by atoms with Gasteiger partial charge in [-0.2, -0.15) is 0 Å². The number of likely N-dealkylation sites (N-methyl/N-ethyl adjacent to an activating group) is 1. The number of carbonyl (C=O) groups is 2. The minimum absolute atomic E-state index is 0.137. The van der Waals surface area contributed by atoms with Crippen LogP contribution in [0.2, 0.25) is 0 Å². The molecule has 0 aromatic carbocycles. The number of amides is 2. The molecule has 126 valence electrons. The molecule has 5 nitrogen and oxygen atoms in total. The zero-order chi connectivity index (χ0) is 16.1. The SMILES string of the molecule is CN(C)C(=O)C1CCN(CC(=O)N(C)C2CCCCC2)CC1. The van der Waals surface area contributed by atoms with Crippen LogP contribution in [0, 0.1) is 5.92 Å². The molecule has 2 aliphatic rings. The van der Waals surface area contributed by atoms with Gasteiger partial charge in [-0.25, -0.2) is 0 Å². The predicted molar refractivity (Wildman–Crippen MR) is 87.5 cm³/mol. The van der Waals surface area contributed by atoms with Crippen molar-refractivity contribution < 1.29 is 9.59 Å². The Morgan fingerprint density at radius 1 is 0.955 bits per heavy atom. The molecule has 0 bridgehead atoms. The zero-order valence-electron chi connectivity index (χ0n) is 14.4. The van der Waals surface area contributed by atoms with Gasteiger partial charge in [0.25, 0.3) is 0 Å². The number of likely N-dealkylation sites (tertiary alicyclic amines) is 1. The van der Waals surface area contributed by atoms with E-state index in [1.807, 2.05) is 26.0 Å². The van der Waals surface area contributed by atoms with Crippen LogP contribution in [0.3, 0.4) is 0 Å². The lowest BCUT2D eigenvalue weighted by molar-refractivity contribution is -0.136. The molecule has 22 heavy (non-hydrogen) atoms. The third-order valence-electron chi connectivity index (χ3n) is 5.25. The quantitative estimate of drug-likeness (QED) is 0.792. The van der Waals surface area contributed by atoms with Crippen LogP contribution in [0.4, 0.5) is 0 Å². The van der Waals surface area contributed by atoms with Crippen LogP contribution in [0.25, 0.3) is 0 Å². The van der Waals surface area contributed by atoms with Crippen LogP contribution in [0.1, 0.15) is 44.9 Å². The van der Waals surface area contributed by atoms with Gasteiger partial charge in [0.2, 0.25) is 11.8 Å². The summed E-state index contributed by atoms with van der Waals surface area (Å²) in [6.45, 7) is 2.22. The Labute approximate surface area is 134 Å². The maximum atomic E-state index is 12.4. The van der Waals surface area contributed by atoms with Crippen LogP contribution in [0.15, 0.2) is 0 Å². The molecule has 0 radical (unpaired) electrons. The smallest absolute Gasteiger partial charge is 0.236 e. The van der Waals surface area contributed by atoms with Gasteiger partial charge < -0.3 is 9.80 Å². The van der Waals surface area contributed by atoms with E-state index in [4.69, 9.17) is 0 Å². The first-order chi connectivity index (χ1) is 10.5. The first-order valence-electron chi connectivity index (χ1n) is 8.68. The second-order valence-corrected chi connectivity index (χ2v) is 7.08. The molecule has 2 rings (SSSR count). The van der Waals surface area contributed by atoms with Gasteiger partial charge in [0.1, 0.15) is 0 Å². The number of hydrogen-bond acceptors (Lipinski definition) is 3. The fraction of sp³-hybridized carbons (Fsp3) is 0.882. The molecule has 2 amide bonds. The van der Waals surface area contributed by atoms with Gasteiger partial charge >= 0.3 is 0 Å². The summed E-state index contributed by atoms with van der Waals surface area (Å²) >= 11 is 0. The Hall–Kier alpha value is -1.10. The number of hydrogen-bond donors (Lipinski definition) is 0. The van der Waals surface area contributed by atoms with Crippen LogP contribution in [-0.4, -0.2) is 73.3 Å². The molecule has 0 unspecified atom stereocenters. The molecule has 0 aromatic heterocycles. The van der Waals surface area contributed by atoms with Gasteiger partial charge in [-0.3, -0.25) is 14.5 Å². The van der Waals surface area contributed by atoms with Crippen molar-refractivity contribution in [1.29, 1.82) is 0 Å². The highest BCUT2D eigenvalue weighted by Gasteiger charge is 2.28. The highest BCUT2D eigenvalue weighted by Crippen LogP contribution is 2.23. The van der Waals surface area contributed by atoms with Gasteiger partial charge in [0, 0.05) is 33.1 Å². The van der Waals surface area contributed by atoms with Crippen molar-refractivity contribution in [3.05, 3.63) is 0 Å². The summed E-state index contributed by atoms with van der Waals surface area (Å²) in [7, 11) is 5.59. The maximum Gasteiger partial charge on any atom is 0.236 e. The van der Waals surface area contributed by atoms with E-state index in [-0.39, 0.29) is 17.7 Å². The van der Waals surface area contributed by atoms with E-state index in [1.54, 1.807) is 4.90 Å². The van der Waals surface area contributed by atoms with E-state index in [2.05, 4.69) is 4.90 Å². The molecule has 1 saturated heterocycles. The Morgan fingerprint density at radius 2 is 1.55 bits per heavy atom. The Kier molecular flexibility index (Phi) is 6.24. The first kappa shape index (κ1) is 17.3. The third kappa shape index (κ3) is 4.45. The summed E-state index contributed by atoms with van der Waals surface area (Å²) in [6, 6.07) is 0.439. The zero-order valence-corrected chi connectivity index (χ0v) is 14.4. The highest BCUT2D eigenvalue weighted by atomic mass is 16.2. The standard InChI is InChI=1S/C17H31N3O2/c1-18(2)17(22)14-9-11-20(12-10-14)13-16(21)19(3)15-7-5-4-6-8-15/h14-15H,4-13H2,1-3H3. The van der Waals surface area contributed by atoms with Gasteiger partial charge in [-0.15, -0.1) is 0 Å². The van der Waals surface area contributed by atoms with Crippen molar-refractivity contribution in [2.75, 3.05) is 40.8 Å². The second kappa shape index (κ2) is 7.95. The summed E-state index contributed by atoms with van der Waals surface area (Å²) in [5, 5.41) is 0. The minimum atomic E-state index is 0.137. The summed E-state index contributed by atoms with van der Waals surface area (Å²) in [4.78, 5) is 30.3. The van der Waals surface area contributed by atoms with E-state index in [9.17, 15) is 9.59 Å². The molecule has 1 heterocycles. The molecule has 1 saturated carbocycles. The average Bonchev–Trinajstić information content (AvgIpc) is 2.54. The first-order valence-corrected chi connectivity index (χ1v) is 8.68. The molecular formula is C17H31N3O2. The monoisotopic (exact) mass is 309 g/mol. The fourth-order valence-electron chi connectivity index (χ4n) is 3.68. The molecule has 0 atom stereocenters. The van der Waals surface area contributed by atoms with Crippen molar-refractivity contribution in [3.63, 3.8) is 0 Å². The molecule has 0 aromatic rings.